The van der Waals surface area contributed by atoms with E-state index in [1.165, 1.54) is 23.9 Å². The molecule has 1 amide bonds. The minimum Gasteiger partial charge on any atom is -0.368 e. The molecule has 3 N–H and O–H groups in total. The Balaban J connectivity index is 2.50. The zero-order chi connectivity index (χ0) is 12.9. The number of nitrogens with two attached hydrogens (primary N) is 1. The second-order valence-electron chi connectivity index (χ2n) is 4.00. The molecule has 1 unspecified atom stereocenters. The number of benzene rings is 1. The molecule has 17 heavy (non-hydrogen) atoms. The van der Waals surface area contributed by atoms with Crippen LogP contribution in [0.2, 0.25) is 0 Å². The number of hydrogen-bond acceptors (Lipinski definition) is 3. The second kappa shape index (κ2) is 6.02. The average molecular weight is 256 g/mol. The van der Waals surface area contributed by atoms with Crippen LogP contribution in [0.4, 0.5) is 4.39 Å². The Kier molecular flexibility index (Phi) is 4.96. The third kappa shape index (κ3) is 4.02. The second-order valence-corrected chi connectivity index (χ2v) is 5.17. The van der Waals surface area contributed by atoms with Gasteiger partial charge in [0.1, 0.15) is 5.82 Å². The van der Waals surface area contributed by atoms with Gasteiger partial charge in [-0.2, -0.15) is 0 Å². The number of carbonyl (C=O) groups is 1. The number of nitrogens with one attached hydrogen (secondary N) is 1. The Bertz CT molecular complexity index is 400. The summed E-state index contributed by atoms with van der Waals surface area (Å²) >= 11 is 1.51. The van der Waals surface area contributed by atoms with Crippen molar-refractivity contribution in [3.63, 3.8) is 0 Å². The lowest BCUT2D eigenvalue weighted by molar-refractivity contribution is -0.123. The van der Waals surface area contributed by atoms with Crippen LogP contribution in [0.1, 0.15) is 13.3 Å². The Morgan fingerprint density at radius 3 is 2.82 bits per heavy atom. The van der Waals surface area contributed by atoms with E-state index in [1.54, 1.807) is 20.0 Å². The van der Waals surface area contributed by atoms with Crippen LogP contribution in [0.15, 0.2) is 29.2 Å². The maximum Gasteiger partial charge on any atom is 0.237 e. The summed E-state index contributed by atoms with van der Waals surface area (Å²) in [6, 6.07) is 6.40. The minimum atomic E-state index is -0.708. The fraction of sp³-hybridized carbons (Fsp3) is 0.417. The van der Waals surface area contributed by atoms with Crippen molar-refractivity contribution in [2.24, 2.45) is 5.73 Å². The molecule has 1 rings (SSSR count). The van der Waals surface area contributed by atoms with Gasteiger partial charge in [0, 0.05) is 10.6 Å². The predicted octanol–water partition coefficient (Wildman–Crippen LogP) is 1.77. The first-order chi connectivity index (χ1) is 7.98. The van der Waals surface area contributed by atoms with Crippen molar-refractivity contribution in [1.82, 2.24) is 5.32 Å². The van der Waals surface area contributed by atoms with Gasteiger partial charge in [-0.05, 0) is 38.6 Å². The van der Waals surface area contributed by atoms with E-state index in [0.717, 1.165) is 4.90 Å². The van der Waals surface area contributed by atoms with Gasteiger partial charge in [0.2, 0.25) is 5.91 Å². The molecule has 1 aromatic rings. The maximum absolute atomic E-state index is 12.9. The standard InChI is InChI=1S/C12H17FN2OS/c1-12(15-2,11(14)16)6-7-17-10-5-3-4-9(13)8-10/h3-5,8,15H,6-7H2,1-2H3,(H2,14,16). The van der Waals surface area contributed by atoms with E-state index in [2.05, 4.69) is 5.32 Å². The summed E-state index contributed by atoms with van der Waals surface area (Å²) in [4.78, 5) is 12.1. The largest absolute Gasteiger partial charge is 0.368 e. The van der Waals surface area contributed by atoms with Crippen molar-refractivity contribution in [2.45, 2.75) is 23.8 Å². The van der Waals surface area contributed by atoms with E-state index < -0.39 is 5.54 Å². The zero-order valence-corrected chi connectivity index (χ0v) is 10.8. The van der Waals surface area contributed by atoms with E-state index >= 15 is 0 Å². The third-order valence-corrected chi connectivity index (χ3v) is 3.76. The van der Waals surface area contributed by atoms with Crippen molar-refractivity contribution < 1.29 is 9.18 Å². The molecular weight excluding hydrogens is 239 g/mol. The fourth-order valence-corrected chi connectivity index (χ4v) is 2.42. The van der Waals surface area contributed by atoms with Crippen LogP contribution in [0.3, 0.4) is 0 Å². The molecule has 5 heteroatoms. The number of hydrogen-bond donors (Lipinski definition) is 2. The van der Waals surface area contributed by atoms with Gasteiger partial charge in [-0.15, -0.1) is 11.8 Å². The first-order valence-corrected chi connectivity index (χ1v) is 6.34. The Morgan fingerprint density at radius 1 is 1.59 bits per heavy atom. The first-order valence-electron chi connectivity index (χ1n) is 5.35. The lowest BCUT2D eigenvalue weighted by Gasteiger charge is -2.25. The summed E-state index contributed by atoms with van der Waals surface area (Å²) in [5.41, 5.74) is 4.61. The number of thioether (sulfide) groups is 1. The first kappa shape index (κ1) is 14.0. The quantitative estimate of drug-likeness (QED) is 0.763. The molecule has 0 heterocycles. The number of likely N-dealkylation sites (N-methyl/N-ethyl adjacent to an activating group) is 1. The molecule has 0 spiro atoms. The number of carbonyl (C=O) groups excluding carboxylic acids is 1. The minimum absolute atomic E-state index is 0.249. The van der Waals surface area contributed by atoms with Gasteiger partial charge < -0.3 is 11.1 Å². The van der Waals surface area contributed by atoms with Crippen LogP contribution in [-0.4, -0.2) is 24.2 Å². The summed E-state index contributed by atoms with van der Waals surface area (Å²) in [5.74, 6) is 0.0742. The molecule has 0 aromatic heterocycles. The monoisotopic (exact) mass is 256 g/mol. The summed E-state index contributed by atoms with van der Waals surface area (Å²) in [6.07, 6.45) is 0.597. The lowest BCUT2D eigenvalue weighted by Crippen LogP contribution is -2.51. The molecule has 0 bridgehead atoms. The predicted molar refractivity (Wildman–Crippen MR) is 68.4 cm³/mol. The Labute approximate surface area is 105 Å². The number of rotatable bonds is 6. The van der Waals surface area contributed by atoms with E-state index in [9.17, 15) is 9.18 Å². The van der Waals surface area contributed by atoms with Crippen molar-refractivity contribution in [3.05, 3.63) is 30.1 Å². The SMILES string of the molecule is CNC(C)(CCSc1cccc(F)c1)C(N)=O. The van der Waals surface area contributed by atoms with Crippen LogP contribution in [0.5, 0.6) is 0 Å². The number of halogens is 1. The number of primary amides is 1. The van der Waals surface area contributed by atoms with E-state index in [-0.39, 0.29) is 11.7 Å². The third-order valence-electron chi connectivity index (χ3n) is 2.76. The summed E-state index contributed by atoms with van der Waals surface area (Å²) in [7, 11) is 1.71. The van der Waals surface area contributed by atoms with E-state index in [4.69, 9.17) is 5.73 Å². The molecule has 1 aromatic carbocycles. The van der Waals surface area contributed by atoms with Gasteiger partial charge in [-0.3, -0.25) is 4.79 Å². The molecule has 0 aliphatic rings. The van der Waals surface area contributed by atoms with E-state index in [1.807, 2.05) is 6.07 Å². The molecule has 0 saturated carbocycles. The Hall–Kier alpha value is -1.07. The molecule has 3 nitrogen and oxygen atoms in total. The number of amides is 1. The highest BCUT2D eigenvalue weighted by molar-refractivity contribution is 7.99. The zero-order valence-electron chi connectivity index (χ0n) is 10.00. The van der Waals surface area contributed by atoms with E-state index in [0.29, 0.717) is 12.2 Å². The summed E-state index contributed by atoms with van der Waals surface area (Å²) in [6.45, 7) is 1.77. The highest BCUT2D eigenvalue weighted by Crippen LogP contribution is 2.22. The van der Waals surface area contributed by atoms with Crippen LogP contribution in [0.25, 0.3) is 0 Å². The summed E-state index contributed by atoms with van der Waals surface area (Å²) < 4.78 is 12.9. The highest BCUT2D eigenvalue weighted by atomic mass is 32.2. The highest BCUT2D eigenvalue weighted by Gasteiger charge is 2.28. The van der Waals surface area contributed by atoms with Crippen LogP contribution in [0, 0.1) is 5.82 Å². The summed E-state index contributed by atoms with van der Waals surface area (Å²) in [5, 5.41) is 2.91. The van der Waals surface area contributed by atoms with Crippen molar-refractivity contribution in [3.8, 4) is 0 Å². The van der Waals surface area contributed by atoms with Gasteiger partial charge in [-0.1, -0.05) is 6.07 Å². The van der Waals surface area contributed by atoms with Gasteiger partial charge in [-0.25, -0.2) is 4.39 Å². The fourth-order valence-electron chi connectivity index (χ4n) is 1.30. The Morgan fingerprint density at radius 2 is 2.29 bits per heavy atom. The van der Waals surface area contributed by atoms with Crippen LogP contribution < -0.4 is 11.1 Å². The molecule has 0 saturated heterocycles. The molecule has 1 atom stereocenters. The normalized spacial score (nSPS) is 14.3. The van der Waals surface area contributed by atoms with Gasteiger partial charge in [0.25, 0.3) is 0 Å². The molecule has 0 aliphatic carbocycles. The average Bonchev–Trinajstić information content (AvgIpc) is 2.28. The van der Waals surface area contributed by atoms with Gasteiger partial charge in [0.15, 0.2) is 0 Å². The van der Waals surface area contributed by atoms with Crippen molar-refractivity contribution in [1.29, 1.82) is 0 Å². The van der Waals surface area contributed by atoms with Crippen molar-refractivity contribution >= 4 is 17.7 Å². The van der Waals surface area contributed by atoms with Crippen LogP contribution in [-0.2, 0) is 4.79 Å². The van der Waals surface area contributed by atoms with Crippen LogP contribution >= 0.6 is 11.8 Å². The molecular formula is C12H17FN2OS. The van der Waals surface area contributed by atoms with Gasteiger partial charge in [0.05, 0.1) is 5.54 Å². The lowest BCUT2D eigenvalue weighted by atomic mass is 9.99. The molecule has 0 aliphatic heterocycles. The smallest absolute Gasteiger partial charge is 0.237 e. The van der Waals surface area contributed by atoms with Crippen molar-refractivity contribution in [2.75, 3.05) is 12.8 Å². The molecule has 0 radical (unpaired) electrons. The van der Waals surface area contributed by atoms with Gasteiger partial charge >= 0.3 is 0 Å². The maximum atomic E-state index is 12.9. The molecule has 94 valence electrons. The topological polar surface area (TPSA) is 55.1 Å². The molecule has 0 fully saturated rings.